The Hall–Kier alpha value is -2.44. The molecule has 22 heavy (non-hydrogen) atoms. The van der Waals surface area contributed by atoms with Crippen molar-refractivity contribution in [2.75, 3.05) is 7.05 Å². The molecule has 0 aliphatic carbocycles. The van der Waals surface area contributed by atoms with Gasteiger partial charge in [-0.2, -0.15) is 0 Å². The Balaban J connectivity index is 1.90. The fourth-order valence-electron chi connectivity index (χ4n) is 1.99. The predicted octanol–water partition coefficient (Wildman–Crippen LogP) is 1.44. The second kappa shape index (κ2) is 7.02. The van der Waals surface area contributed by atoms with E-state index in [4.69, 9.17) is 0 Å². The zero-order chi connectivity index (χ0) is 16.1. The lowest BCUT2D eigenvalue weighted by atomic mass is 10.1. The van der Waals surface area contributed by atoms with Gasteiger partial charge in [0.05, 0.1) is 6.54 Å². The normalized spacial score (nSPS) is 11.6. The average molecular weight is 304 g/mol. The molecule has 6 nitrogen and oxygen atoms in total. The smallest absolute Gasteiger partial charge is 0.191 e. The molecule has 118 valence electrons. The number of hydrogen-bond acceptors (Lipinski definition) is 3. The Labute approximate surface area is 129 Å². The Morgan fingerprint density at radius 1 is 1.23 bits per heavy atom. The van der Waals surface area contributed by atoms with Crippen LogP contribution in [-0.4, -0.2) is 27.8 Å². The quantitative estimate of drug-likeness (QED) is 0.662. The number of benzene rings is 1. The summed E-state index contributed by atoms with van der Waals surface area (Å²) < 4.78 is 15.2. The summed E-state index contributed by atoms with van der Waals surface area (Å²) in [5.41, 5.74) is 1.63. The van der Waals surface area contributed by atoms with Gasteiger partial charge >= 0.3 is 0 Å². The molecule has 0 bridgehead atoms. The number of hydrogen-bond donors (Lipinski definition) is 2. The van der Waals surface area contributed by atoms with Crippen LogP contribution >= 0.6 is 0 Å². The van der Waals surface area contributed by atoms with Crippen LogP contribution in [0.15, 0.2) is 23.2 Å². The van der Waals surface area contributed by atoms with Crippen LogP contribution in [0, 0.1) is 19.7 Å². The van der Waals surface area contributed by atoms with Crippen LogP contribution in [0.25, 0.3) is 0 Å². The zero-order valence-electron chi connectivity index (χ0n) is 13.3. The van der Waals surface area contributed by atoms with E-state index >= 15 is 0 Å². The summed E-state index contributed by atoms with van der Waals surface area (Å²) >= 11 is 0. The summed E-state index contributed by atoms with van der Waals surface area (Å²) in [7, 11) is 3.62. The van der Waals surface area contributed by atoms with Crippen LogP contribution in [0.2, 0.25) is 0 Å². The third-order valence-electron chi connectivity index (χ3n) is 3.50. The van der Waals surface area contributed by atoms with Crippen LogP contribution in [0.1, 0.15) is 22.8 Å². The van der Waals surface area contributed by atoms with Crippen LogP contribution in [0.5, 0.6) is 0 Å². The molecule has 0 amide bonds. The Kier molecular flexibility index (Phi) is 5.08. The summed E-state index contributed by atoms with van der Waals surface area (Å²) in [6.45, 7) is 4.75. The van der Waals surface area contributed by atoms with E-state index < -0.39 is 0 Å². The summed E-state index contributed by atoms with van der Waals surface area (Å²) in [6, 6.07) is 5.06. The number of nitrogens with zero attached hydrogens (tertiary/aromatic N) is 4. The van der Waals surface area contributed by atoms with Crippen LogP contribution in [-0.2, 0) is 20.1 Å². The fraction of sp³-hybridized carbons (Fsp3) is 0.400. The third kappa shape index (κ3) is 3.81. The lowest BCUT2D eigenvalue weighted by Crippen LogP contribution is -2.36. The molecule has 2 N–H and O–H groups in total. The third-order valence-corrected chi connectivity index (χ3v) is 3.50. The monoisotopic (exact) mass is 304 g/mol. The van der Waals surface area contributed by atoms with Gasteiger partial charge in [0.25, 0.3) is 0 Å². The Bertz CT molecular complexity index is 677. The highest BCUT2D eigenvalue weighted by atomic mass is 19.1. The van der Waals surface area contributed by atoms with Crippen molar-refractivity contribution < 1.29 is 4.39 Å². The van der Waals surface area contributed by atoms with E-state index in [-0.39, 0.29) is 5.82 Å². The molecular formula is C15H21FN6. The maximum atomic E-state index is 13.2. The molecule has 2 rings (SSSR count). The lowest BCUT2D eigenvalue weighted by molar-refractivity contribution is 0.617. The second-order valence-electron chi connectivity index (χ2n) is 5.09. The van der Waals surface area contributed by atoms with Crippen molar-refractivity contribution in [2.45, 2.75) is 26.9 Å². The van der Waals surface area contributed by atoms with Crippen molar-refractivity contribution in [3.05, 3.63) is 46.8 Å². The van der Waals surface area contributed by atoms with E-state index in [1.807, 2.05) is 24.6 Å². The molecule has 0 atom stereocenters. The maximum absolute atomic E-state index is 13.2. The molecule has 1 heterocycles. The van der Waals surface area contributed by atoms with E-state index in [1.165, 1.54) is 6.07 Å². The van der Waals surface area contributed by atoms with Gasteiger partial charge in [-0.05, 0) is 31.0 Å². The molecule has 0 saturated heterocycles. The molecule has 0 saturated carbocycles. The Morgan fingerprint density at radius 2 is 1.95 bits per heavy atom. The second-order valence-corrected chi connectivity index (χ2v) is 5.09. The van der Waals surface area contributed by atoms with E-state index in [0.717, 1.165) is 17.2 Å². The van der Waals surface area contributed by atoms with Gasteiger partial charge < -0.3 is 15.2 Å². The van der Waals surface area contributed by atoms with Crippen LogP contribution in [0.4, 0.5) is 4.39 Å². The van der Waals surface area contributed by atoms with Gasteiger partial charge in [0.1, 0.15) is 11.6 Å². The molecule has 7 heteroatoms. The number of guanidine groups is 1. The molecular weight excluding hydrogens is 283 g/mol. The number of aliphatic imine (C=N–C) groups is 1. The largest absolute Gasteiger partial charge is 0.352 e. The van der Waals surface area contributed by atoms with E-state index in [9.17, 15) is 4.39 Å². The van der Waals surface area contributed by atoms with Crippen molar-refractivity contribution in [3.8, 4) is 0 Å². The highest BCUT2D eigenvalue weighted by Crippen LogP contribution is 2.08. The molecule has 1 aromatic heterocycles. The summed E-state index contributed by atoms with van der Waals surface area (Å²) in [5.74, 6) is 2.16. The summed E-state index contributed by atoms with van der Waals surface area (Å²) in [4.78, 5) is 4.16. The Morgan fingerprint density at radius 3 is 2.55 bits per heavy atom. The van der Waals surface area contributed by atoms with E-state index in [1.54, 1.807) is 20.0 Å². The van der Waals surface area contributed by atoms with Crippen LogP contribution < -0.4 is 10.6 Å². The SMILES string of the molecule is CN=C(NCc1ccc(F)c(C)c1)NCc1nnc(C)n1C. The van der Waals surface area contributed by atoms with Crippen LogP contribution in [0.3, 0.4) is 0 Å². The van der Waals surface area contributed by atoms with Crippen molar-refractivity contribution in [1.29, 1.82) is 0 Å². The minimum absolute atomic E-state index is 0.191. The molecule has 0 radical (unpaired) electrons. The predicted molar refractivity (Wildman–Crippen MR) is 83.9 cm³/mol. The number of aryl methyl sites for hydroxylation is 2. The van der Waals surface area contributed by atoms with E-state index in [2.05, 4.69) is 25.8 Å². The van der Waals surface area contributed by atoms with Crippen molar-refractivity contribution in [3.63, 3.8) is 0 Å². The topological polar surface area (TPSA) is 67.1 Å². The number of aromatic nitrogens is 3. The number of rotatable bonds is 4. The summed E-state index contributed by atoms with van der Waals surface area (Å²) in [6.07, 6.45) is 0. The first-order valence-electron chi connectivity index (χ1n) is 7.05. The minimum atomic E-state index is -0.191. The van der Waals surface area contributed by atoms with Crippen molar-refractivity contribution in [2.24, 2.45) is 12.0 Å². The first kappa shape index (κ1) is 15.9. The number of halogens is 1. The molecule has 0 aliphatic heterocycles. The van der Waals surface area contributed by atoms with E-state index in [0.29, 0.717) is 24.6 Å². The van der Waals surface area contributed by atoms with Gasteiger partial charge in [-0.15, -0.1) is 10.2 Å². The highest BCUT2D eigenvalue weighted by Gasteiger charge is 2.06. The molecule has 0 spiro atoms. The maximum Gasteiger partial charge on any atom is 0.191 e. The van der Waals surface area contributed by atoms with Gasteiger partial charge in [0, 0.05) is 20.6 Å². The van der Waals surface area contributed by atoms with Gasteiger partial charge in [0.2, 0.25) is 0 Å². The summed E-state index contributed by atoms with van der Waals surface area (Å²) in [5, 5.41) is 14.5. The zero-order valence-corrected chi connectivity index (χ0v) is 13.3. The van der Waals surface area contributed by atoms with Gasteiger partial charge in [-0.3, -0.25) is 4.99 Å². The molecule has 0 fully saturated rings. The van der Waals surface area contributed by atoms with Gasteiger partial charge in [-0.1, -0.05) is 12.1 Å². The van der Waals surface area contributed by atoms with Gasteiger partial charge in [0.15, 0.2) is 11.8 Å². The molecule has 2 aromatic rings. The first-order valence-corrected chi connectivity index (χ1v) is 7.05. The van der Waals surface area contributed by atoms with Gasteiger partial charge in [-0.25, -0.2) is 4.39 Å². The minimum Gasteiger partial charge on any atom is -0.352 e. The first-order chi connectivity index (χ1) is 10.5. The fourth-order valence-corrected chi connectivity index (χ4v) is 1.99. The standard InChI is InChI=1S/C15H21FN6/c1-10-7-12(5-6-13(10)16)8-18-15(17-3)19-9-14-21-20-11(2)22(14)4/h5-7H,8-9H2,1-4H3,(H2,17,18,19). The molecule has 1 aromatic carbocycles. The highest BCUT2D eigenvalue weighted by molar-refractivity contribution is 5.79. The number of nitrogens with one attached hydrogen (secondary N) is 2. The molecule has 0 unspecified atom stereocenters. The molecule has 0 aliphatic rings. The lowest BCUT2D eigenvalue weighted by Gasteiger charge is -2.12. The average Bonchev–Trinajstić information content (AvgIpc) is 2.82. The van der Waals surface area contributed by atoms with Crippen molar-refractivity contribution >= 4 is 5.96 Å². The van der Waals surface area contributed by atoms with Crippen molar-refractivity contribution in [1.82, 2.24) is 25.4 Å².